The lowest BCUT2D eigenvalue weighted by molar-refractivity contribution is 0.402. The summed E-state index contributed by atoms with van der Waals surface area (Å²) in [7, 11) is 0.373. The number of hydrogen-bond acceptors (Lipinski definition) is 4. The van der Waals surface area contributed by atoms with E-state index in [1.54, 1.807) is 12.1 Å². The maximum atomic E-state index is 12.5. The van der Waals surface area contributed by atoms with E-state index in [0.717, 1.165) is 17.7 Å². The molecule has 2 aromatic carbocycles. The molecule has 2 aromatic rings. The van der Waals surface area contributed by atoms with E-state index in [1.165, 1.54) is 5.56 Å². The smallest absolute Gasteiger partial charge is 0.240 e. The molecule has 0 saturated heterocycles. The van der Waals surface area contributed by atoms with Gasteiger partial charge >= 0.3 is 0 Å². The lowest BCUT2D eigenvalue weighted by Gasteiger charge is -2.15. The van der Waals surface area contributed by atoms with Gasteiger partial charge in [-0.25, -0.2) is 13.1 Å². The zero-order valence-corrected chi connectivity index (χ0v) is 18.0. The van der Waals surface area contributed by atoms with Gasteiger partial charge in [0.25, 0.3) is 0 Å². The zero-order chi connectivity index (χ0) is 19.3. The Morgan fingerprint density at radius 2 is 1.48 bits per heavy atom. The fourth-order valence-corrected chi connectivity index (χ4v) is 3.73. The third kappa shape index (κ3) is 6.90. The molecule has 0 aliphatic heterocycles. The minimum absolute atomic E-state index is 0. The first kappa shape index (κ1) is 23.6. The van der Waals surface area contributed by atoms with Crippen LogP contribution >= 0.6 is 12.4 Å². The van der Waals surface area contributed by atoms with Gasteiger partial charge in [0, 0.05) is 19.1 Å². The minimum Gasteiger partial charge on any atom is -0.323 e. The quantitative estimate of drug-likeness (QED) is 0.699. The van der Waals surface area contributed by atoms with Crippen LogP contribution in [0.15, 0.2) is 53.4 Å². The van der Waals surface area contributed by atoms with E-state index in [1.807, 2.05) is 55.4 Å². The van der Waals surface area contributed by atoms with Gasteiger partial charge in [0.15, 0.2) is 0 Å². The molecule has 7 heteroatoms. The summed E-state index contributed by atoms with van der Waals surface area (Å²) in [5.74, 6) is 0.453. The highest BCUT2D eigenvalue weighted by molar-refractivity contribution is 7.89. The van der Waals surface area contributed by atoms with Crippen molar-refractivity contribution >= 4 is 22.4 Å². The number of sulfonamides is 1. The average Bonchev–Trinajstić information content (AvgIpc) is 2.60. The van der Waals surface area contributed by atoms with E-state index in [0.29, 0.717) is 5.92 Å². The normalized spacial score (nSPS) is 12.9. The van der Waals surface area contributed by atoms with E-state index in [9.17, 15) is 8.42 Å². The van der Waals surface area contributed by atoms with Gasteiger partial charge in [-0.15, -0.1) is 12.4 Å². The first-order valence-corrected chi connectivity index (χ1v) is 10.3. The Morgan fingerprint density at radius 1 is 0.963 bits per heavy atom. The van der Waals surface area contributed by atoms with Crippen LogP contribution in [0.3, 0.4) is 0 Å². The van der Waals surface area contributed by atoms with Crippen molar-refractivity contribution in [3.8, 4) is 0 Å². The van der Waals surface area contributed by atoms with Gasteiger partial charge in [0.05, 0.1) is 4.90 Å². The Labute approximate surface area is 169 Å². The molecule has 0 heterocycles. The highest BCUT2D eigenvalue weighted by Gasteiger charge is 2.16. The largest absolute Gasteiger partial charge is 0.323 e. The molecule has 0 saturated carbocycles. The molecular weight excluding hydrogens is 382 g/mol. The molecule has 5 nitrogen and oxygen atoms in total. The van der Waals surface area contributed by atoms with Crippen LogP contribution in [0.1, 0.15) is 42.5 Å². The third-order valence-corrected chi connectivity index (χ3v) is 5.70. The third-order valence-electron chi connectivity index (χ3n) is 4.26. The van der Waals surface area contributed by atoms with Crippen LogP contribution in [0.5, 0.6) is 0 Å². The molecule has 3 N–H and O–H groups in total. The minimum atomic E-state index is -3.57. The number of nitrogens with one attached hydrogen (secondary N) is 1. The fourth-order valence-electron chi connectivity index (χ4n) is 2.67. The Hall–Kier alpha value is -1.44. The van der Waals surface area contributed by atoms with Crippen molar-refractivity contribution in [2.45, 2.75) is 37.2 Å². The molecule has 2 rings (SSSR count). The Kier molecular flexibility index (Phi) is 8.91. The molecule has 0 bridgehead atoms. The van der Waals surface area contributed by atoms with Gasteiger partial charge in [-0.1, -0.05) is 50.2 Å². The Balaban J connectivity index is 0.00000364. The number of hydrogen-bond donors (Lipinski definition) is 2. The fraction of sp³-hybridized carbons (Fsp3) is 0.400. The van der Waals surface area contributed by atoms with E-state index in [-0.39, 0.29) is 29.9 Å². The summed E-state index contributed by atoms with van der Waals surface area (Å²) in [5.41, 5.74) is 9.37. The second kappa shape index (κ2) is 10.2. The standard InChI is InChI=1S/C20H29N3O2S.ClH/c1-15(2)17-7-9-18(10-8-17)20(21)13-22-26(24,25)19-11-5-16(6-12-19)14-23(3)4;/h5-12,15,20,22H,13-14,21H2,1-4H3;1H. The number of nitrogens with two attached hydrogens (primary N) is 1. The summed E-state index contributed by atoms with van der Waals surface area (Å²) in [5, 5.41) is 0. The second-order valence-electron chi connectivity index (χ2n) is 7.16. The molecule has 1 atom stereocenters. The van der Waals surface area contributed by atoms with Crippen molar-refractivity contribution in [1.82, 2.24) is 9.62 Å². The number of halogens is 1. The number of nitrogens with zero attached hydrogens (tertiary/aromatic N) is 1. The van der Waals surface area contributed by atoms with Crippen LogP contribution in [0.25, 0.3) is 0 Å². The summed E-state index contributed by atoms with van der Waals surface area (Å²) in [6.45, 7) is 5.19. The Bertz CT molecular complexity index is 804. The van der Waals surface area contributed by atoms with Crippen molar-refractivity contribution in [3.63, 3.8) is 0 Å². The van der Waals surface area contributed by atoms with E-state index < -0.39 is 10.0 Å². The molecular formula is C20H30ClN3O2S. The summed E-state index contributed by atoms with van der Waals surface area (Å²) in [6.07, 6.45) is 0. The lowest BCUT2D eigenvalue weighted by Crippen LogP contribution is -2.32. The number of benzene rings is 2. The van der Waals surface area contributed by atoms with Crippen molar-refractivity contribution in [3.05, 3.63) is 65.2 Å². The summed E-state index contributed by atoms with van der Waals surface area (Å²) >= 11 is 0. The van der Waals surface area contributed by atoms with Gasteiger partial charge in [-0.05, 0) is 48.8 Å². The maximum absolute atomic E-state index is 12.5. The Morgan fingerprint density at radius 3 is 1.96 bits per heavy atom. The van der Waals surface area contributed by atoms with Crippen LogP contribution in [0.4, 0.5) is 0 Å². The predicted octanol–water partition coefficient (Wildman–Crippen LogP) is 3.27. The molecule has 0 amide bonds. The zero-order valence-electron chi connectivity index (χ0n) is 16.3. The summed E-state index contributed by atoms with van der Waals surface area (Å²) in [4.78, 5) is 2.29. The lowest BCUT2D eigenvalue weighted by atomic mass is 9.99. The van der Waals surface area contributed by atoms with Crippen LogP contribution in [0, 0.1) is 0 Å². The second-order valence-corrected chi connectivity index (χ2v) is 8.93. The van der Waals surface area contributed by atoms with Crippen LogP contribution in [0.2, 0.25) is 0 Å². The van der Waals surface area contributed by atoms with Crippen molar-refractivity contribution in [1.29, 1.82) is 0 Å². The van der Waals surface area contributed by atoms with E-state index >= 15 is 0 Å². The van der Waals surface area contributed by atoms with E-state index in [4.69, 9.17) is 5.73 Å². The molecule has 0 radical (unpaired) electrons. The monoisotopic (exact) mass is 411 g/mol. The van der Waals surface area contributed by atoms with Gasteiger partial charge < -0.3 is 10.6 Å². The highest BCUT2D eigenvalue weighted by Crippen LogP contribution is 2.18. The molecule has 150 valence electrons. The SMILES string of the molecule is CC(C)c1ccc(C(N)CNS(=O)(=O)c2ccc(CN(C)C)cc2)cc1.Cl. The molecule has 0 spiro atoms. The van der Waals surface area contributed by atoms with Gasteiger partial charge in [0.2, 0.25) is 10.0 Å². The van der Waals surface area contributed by atoms with Gasteiger partial charge in [-0.3, -0.25) is 0 Å². The summed E-state index contributed by atoms with van der Waals surface area (Å²) < 4.78 is 27.5. The van der Waals surface area contributed by atoms with Gasteiger partial charge in [-0.2, -0.15) is 0 Å². The van der Waals surface area contributed by atoms with Crippen molar-refractivity contribution < 1.29 is 8.42 Å². The molecule has 1 unspecified atom stereocenters. The van der Waals surface area contributed by atoms with Gasteiger partial charge in [0.1, 0.15) is 0 Å². The molecule has 0 fully saturated rings. The summed E-state index contributed by atoms with van der Waals surface area (Å²) in [6, 6.07) is 14.5. The average molecular weight is 412 g/mol. The van der Waals surface area contributed by atoms with Crippen LogP contribution < -0.4 is 10.5 Å². The first-order chi connectivity index (χ1) is 12.2. The molecule has 0 aliphatic rings. The number of rotatable bonds is 8. The maximum Gasteiger partial charge on any atom is 0.240 e. The first-order valence-electron chi connectivity index (χ1n) is 8.78. The molecule has 27 heavy (non-hydrogen) atoms. The highest BCUT2D eigenvalue weighted by atomic mass is 35.5. The van der Waals surface area contributed by atoms with Crippen LogP contribution in [-0.4, -0.2) is 34.0 Å². The van der Waals surface area contributed by atoms with Crippen molar-refractivity contribution in [2.75, 3.05) is 20.6 Å². The predicted molar refractivity (Wildman–Crippen MR) is 114 cm³/mol. The van der Waals surface area contributed by atoms with Crippen LogP contribution in [-0.2, 0) is 16.6 Å². The van der Waals surface area contributed by atoms with Crippen molar-refractivity contribution in [2.24, 2.45) is 5.73 Å². The topological polar surface area (TPSA) is 75.4 Å². The molecule has 0 aromatic heterocycles. The molecule has 0 aliphatic carbocycles. The van der Waals surface area contributed by atoms with E-state index in [2.05, 4.69) is 18.6 Å².